The number of carbonyl (C=O) groups excluding carboxylic acids is 1. The van der Waals surface area contributed by atoms with Gasteiger partial charge < -0.3 is 15.9 Å². The number of hydrogen-bond acceptors (Lipinski definition) is 4. The molecule has 0 aliphatic rings. The standard InChI is InChI=1S/C14H11NO4/c15-12-10(16)7-6-9(14(18)19)11(12)13(17)8-4-2-1-3-5-8/h1-7,16H,15H2,(H,18,19). The Balaban J connectivity index is 2.64. The van der Waals surface area contributed by atoms with Gasteiger partial charge in [0.2, 0.25) is 0 Å². The smallest absolute Gasteiger partial charge is 0.336 e. The molecule has 2 aromatic rings. The lowest BCUT2D eigenvalue weighted by atomic mass is 9.96. The monoisotopic (exact) mass is 257 g/mol. The number of carbonyl (C=O) groups is 2. The summed E-state index contributed by atoms with van der Waals surface area (Å²) in [6.07, 6.45) is 0. The van der Waals surface area contributed by atoms with E-state index in [4.69, 9.17) is 10.8 Å². The zero-order chi connectivity index (χ0) is 14.0. The van der Waals surface area contributed by atoms with Crippen molar-refractivity contribution in [3.8, 4) is 5.75 Å². The number of phenols is 1. The maximum absolute atomic E-state index is 12.3. The fraction of sp³-hybridized carbons (Fsp3) is 0. The van der Waals surface area contributed by atoms with E-state index >= 15 is 0 Å². The van der Waals surface area contributed by atoms with E-state index in [1.807, 2.05) is 0 Å². The number of aromatic hydroxyl groups is 1. The van der Waals surface area contributed by atoms with Crippen LogP contribution in [0.25, 0.3) is 0 Å². The highest BCUT2D eigenvalue weighted by Gasteiger charge is 2.22. The van der Waals surface area contributed by atoms with Crippen molar-refractivity contribution >= 4 is 17.4 Å². The van der Waals surface area contributed by atoms with Gasteiger partial charge in [0, 0.05) is 5.56 Å². The molecule has 2 rings (SSSR count). The van der Waals surface area contributed by atoms with Gasteiger partial charge in [-0.05, 0) is 12.1 Å². The summed E-state index contributed by atoms with van der Waals surface area (Å²) in [6, 6.07) is 10.5. The highest BCUT2D eigenvalue weighted by atomic mass is 16.4. The Hall–Kier alpha value is -2.82. The lowest BCUT2D eigenvalue weighted by molar-refractivity contribution is 0.0693. The first-order valence-electron chi connectivity index (χ1n) is 5.47. The van der Waals surface area contributed by atoms with Crippen LogP contribution in [0.15, 0.2) is 42.5 Å². The van der Waals surface area contributed by atoms with Crippen LogP contribution < -0.4 is 5.73 Å². The molecule has 0 saturated heterocycles. The van der Waals surface area contributed by atoms with Crippen molar-refractivity contribution in [1.29, 1.82) is 0 Å². The topological polar surface area (TPSA) is 101 Å². The lowest BCUT2D eigenvalue weighted by Gasteiger charge is -2.10. The minimum Gasteiger partial charge on any atom is -0.506 e. The summed E-state index contributed by atoms with van der Waals surface area (Å²) in [7, 11) is 0. The molecular formula is C14H11NO4. The molecule has 0 aromatic heterocycles. The van der Waals surface area contributed by atoms with E-state index < -0.39 is 11.8 Å². The zero-order valence-corrected chi connectivity index (χ0v) is 9.83. The van der Waals surface area contributed by atoms with Gasteiger partial charge in [0.15, 0.2) is 5.78 Å². The predicted octanol–water partition coefficient (Wildman–Crippen LogP) is 1.90. The van der Waals surface area contributed by atoms with E-state index in [9.17, 15) is 14.7 Å². The molecule has 0 atom stereocenters. The van der Waals surface area contributed by atoms with Crippen molar-refractivity contribution in [3.63, 3.8) is 0 Å². The Kier molecular flexibility index (Phi) is 3.20. The van der Waals surface area contributed by atoms with Crippen molar-refractivity contribution in [1.82, 2.24) is 0 Å². The Morgan fingerprint density at radius 3 is 2.21 bits per heavy atom. The van der Waals surface area contributed by atoms with Crippen LogP contribution in [-0.4, -0.2) is 22.0 Å². The minimum atomic E-state index is -1.27. The van der Waals surface area contributed by atoms with E-state index in [1.165, 1.54) is 0 Å². The third-order valence-electron chi connectivity index (χ3n) is 2.72. The SMILES string of the molecule is Nc1c(O)ccc(C(=O)O)c1C(=O)c1ccccc1. The van der Waals surface area contributed by atoms with Crippen LogP contribution >= 0.6 is 0 Å². The van der Waals surface area contributed by atoms with Crippen LogP contribution in [0.3, 0.4) is 0 Å². The molecule has 0 heterocycles. The molecule has 0 unspecified atom stereocenters. The molecule has 0 fully saturated rings. The van der Waals surface area contributed by atoms with Gasteiger partial charge in [0.1, 0.15) is 5.75 Å². The number of carboxylic acids is 1. The number of aromatic carboxylic acids is 1. The van der Waals surface area contributed by atoms with E-state index in [2.05, 4.69) is 0 Å². The summed E-state index contributed by atoms with van der Waals surface area (Å²) in [5.74, 6) is -2.12. The van der Waals surface area contributed by atoms with Crippen molar-refractivity contribution in [2.24, 2.45) is 0 Å². The molecule has 4 N–H and O–H groups in total. The van der Waals surface area contributed by atoms with Crippen molar-refractivity contribution in [2.75, 3.05) is 5.73 Å². The van der Waals surface area contributed by atoms with Crippen LogP contribution in [0, 0.1) is 0 Å². The second-order valence-corrected chi connectivity index (χ2v) is 3.92. The van der Waals surface area contributed by atoms with Gasteiger partial charge in [-0.3, -0.25) is 4.79 Å². The molecule has 0 aliphatic heterocycles. The molecule has 0 bridgehead atoms. The zero-order valence-electron chi connectivity index (χ0n) is 9.83. The van der Waals surface area contributed by atoms with Gasteiger partial charge in [-0.1, -0.05) is 30.3 Å². The quantitative estimate of drug-likeness (QED) is 0.443. The highest BCUT2D eigenvalue weighted by Crippen LogP contribution is 2.29. The molecule has 19 heavy (non-hydrogen) atoms. The number of carboxylic acid groups (broad SMARTS) is 1. The molecule has 0 spiro atoms. The lowest BCUT2D eigenvalue weighted by Crippen LogP contribution is -2.12. The fourth-order valence-electron chi connectivity index (χ4n) is 1.77. The normalized spacial score (nSPS) is 10.1. The van der Waals surface area contributed by atoms with Crippen molar-refractivity contribution in [2.45, 2.75) is 0 Å². The second-order valence-electron chi connectivity index (χ2n) is 3.92. The molecule has 0 saturated carbocycles. The van der Waals surface area contributed by atoms with Gasteiger partial charge >= 0.3 is 5.97 Å². The summed E-state index contributed by atoms with van der Waals surface area (Å²) >= 11 is 0. The Morgan fingerprint density at radius 2 is 1.63 bits per heavy atom. The number of nitrogen functional groups attached to an aromatic ring is 1. The van der Waals surface area contributed by atoms with Gasteiger partial charge in [-0.2, -0.15) is 0 Å². The third kappa shape index (κ3) is 2.26. The number of anilines is 1. The second kappa shape index (κ2) is 4.81. The van der Waals surface area contributed by atoms with E-state index in [0.717, 1.165) is 12.1 Å². The summed E-state index contributed by atoms with van der Waals surface area (Å²) in [5, 5.41) is 18.6. The van der Waals surface area contributed by atoms with Crippen LogP contribution in [0.5, 0.6) is 5.75 Å². The molecule has 96 valence electrons. The fourth-order valence-corrected chi connectivity index (χ4v) is 1.77. The highest BCUT2D eigenvalue weighted by molar-refractivity contribution is 6.17. The first kappa shape index (κ1) is 12.6. The van der Waals surface area contributed by atoms with E-state index in [-0.39, 0.29) is 22.6 Å². The molecule has 5 heteroatoms. The summed E-state index contributed by atoms with van der Waals surface area (Å²) in [5.41, 5.74) is 5.28. The van der Waals surface area contributed by atoms with Gasteiger partial charge in [0.25, 0.3) is 0 Å². The summed E-state index contributed by atoms with van der Waals surface area (Å²) in [4.78, 5) is 23.4. The minimum absolute atomic E-state index is 0.196. The molecule has 5 nitrogen and oxygen atoms in total. The predicted molar refractivity (Wildman–Crippen MR) is 69.4 cm³/mol. The number of rotatable bonds is 3. The Morgan fingerprint density at radius 1 is 1.00 bits per heavy atom. The number of ketones is 1. The Labute approximate surface area is 108 Å². The number of nitrogens with two attached hydrogens (primary N) is 1. The number of hydrogen-bond donors (Lipinski definition) is 3. The molecular weight excluding hydrogens is 246 g/mol. The van der Waals surface area contributed by atoms with Crippen LogP contribution in [0.2, 0.25) is 0 Å². The molecule has 0 radical (unpaired) electrons. The third-order valence-corrected chi connectivity index (χ3v) is 2.72. The van der Waals surface area contributed by atoms with Crippen LogP contribution in [-0.2, 0) is 0 Å². The van der Waals surface area contributed by atoms with Gasteiger partial charge in [-0.25, -0.2) is 4.79 Å². The van der Waals surface area contributed by atoms with Gasteiger partial charge in [-0.15, -0.1) is 0 Å². The van der Waals surface area contributed by atoms with Gasteiger partial charge in [0.05, 0.1) is 16.8 Å². The summed E-state index contributed by atoms with van der Waals surface area (Å²) < 4.78 is 0. The van der Waals surface area contributed by atoms with Crippen LogP contribution in [0.1, 0.15) is 26.3 Å². The van der Waals surface area contributed by atoms with E-state index in [1.54, 1.807) is 30.3 Å². The first-order valence-corrected chi connectivity index (χ1v) is 5.47. The van der Waals surface area contributed by atoms with Crippen molar-refractivity contribution in [3.05, 3.63) is 59.2 Å². The first-order chi connectivity index (χ1) is 9.02. The summed E-state index contributed by atoms with van der Waals surface area (Å²) in [6.45, 7) is 0. The molecule has 2 aromatic carbocycles. The largest absolute Gasteiger partial charge is 0.506 e. The average molecular weight is 257 g/mol. The number of phenolic OH excluding ortho intramolecular Hbond substituents is 1. The number of benzene rings is 2. The Bertz CT molecular complexity index is 650. The average Bonchev–Trinajstić information content (AvgIpc) is 2.41. The van der Waals surface area contributed by atoms with Crippen LogP contribution in [0.4, 0.5) is 5.69 Å². The van der Waals surface area contributed by atoms with E-state index in [0.29, 0.717) is 5.56 Å². The molecule has 0 amide bonds. The maximum atomic E-state index is 12.3. The molecule has 0 aliphatic carbocycles. The maximum Gasteiger partial charge on any atom is 0.336 e. The van der Waals surface area contributed by atoms with Crippen molar-refractivity contribution < 1.29 is 19.8 Å².